The number of carbonyl (C=O) groups excluding carboxylic acids is 1. The first-order chi connectivity index (χ1) is 8.02. The first-order valence-electron chi connectivity index (χ1n) is 5.40. The van der Waals surface area contributed by atoms with Crippen molar-refractivity contribution in [1.29, 1.82) is 0 Å². The zero-order valence-electron chi connectivity index (χ0n) is 9.86. The molecule has 3 N–H and O–H groups in total. The van der Waals surface area contributed by atoms with Crippen molar-refractivity contribution in [2.24, 2.45) is 0 Å². The molecule has 1 rings (SSSR count). The zero-order chi connectivity index (χ0) is 12.8. The summed E-state index contributed by atoms with van der Waals surface area (Å²) in [7, 11) is 0. The first-order valence-corrected chi connectivity index (χ1v) is 5.40. The largest absolute Gasteiger partial charge is 0.480 e. The molecule has 0 aromatic heterocycles. The Morgan fingerprint density at radius 3 is 2.18 bits per heavy atom. The SMILES string of the molecule is CCC(Nc1ccc(NC(C)=O)cc1)C(=O)O. The fraction of sp³-hybridized carbons (Fsp3) is 0.333. The number of carboxylic acids is 1. The maximum absolute atomic E-state index is 10.8. The molecule has 1 unspecified atom stereocenters. The van der Waals surface area contributed by atoms with Crippen LogP contribution in [0.1, 0.15) is 20.3 Å². The first kappa shape index (κ1) is 13.0. The average molecular weight is 236 g/mol. The molecule has 1 atom stereocenters. The van der Waals surface area contributed by atoms with Crippen LogP contribution >= 0.6 is 0 Å². The van der Waals surface area contributed by atoms with Crippen molar-refractivity contribution in [2.75, 3.05) is 10.6 Å². The predicted molar refractivity (Wildman–Crippen MR) is 66.1 cm³/mol. The molecule has 0 aliphatic carbocycles. The molecule has 0 bridgehead atoms. The van der Waals surface area contributed by atoms with Crippen LogP contribution in [0.3, 0.4) is 0 Å². The highest BCUT2D eigenvalue weighted by molar-refractivity contribution is 5.88. The number of amides is 1. The van der Waals surface area contributed by atoms with E-state index in [-0.39, 0.29) is 5.91 Å². The molecule has 0 spiro atoms. The van der Waals surface area contributed by atoms with Gasteiger partial charge in [-0.25, -0.2) is 4.79 Å². The third-order valence-electron chi connectivity index (χ3n) is 2.25. The van der Waals surface area contributed by atoms with E-state index in [0.29, 0.717) is 17.8 Å². The van der Waals surface area contributed by atoms with Gasteiger partial charge in [0.05, 0.1) is 0 Å². The van der Waals surface area contributed by atoms with E-state index in [1.807, 2.05) is 0 Å². The Balaban J connectivity index is 2.67. The van der Waals surface area contributed by atoms with Gasteiger partial charge in [-0.3, -0.25) is 4.79 Å². The van der Waals surface area contributed by atoms with Gasteiger partial charge in [0, 0.05) is 18.3 Å². The number of benzene rings is 1. The van der Waals surface area contributed by atoms with E-state index >= 15 is 0 Å². The Morgan fingerprint density at radius 1 is 1.24 bits per heavy atom. The summed E-state index contributed by atoms with van der Waals surface area (Å²) in [6, 6.07) is 6.31. The highest BCUT2D eigenvalue weighted by atomic mass is 16.4. The zero-order valence-corrected chi connectivity index (χ0v) is 9.86. The molecule has 0 heterocycles. The van der Waals surface area contributed by atoms with Crippen LogP contribution in [0.2, 0.25) is 0 Å². The summed E-state index contributed by atoms with van der Waals surface area (Å²) in [5, 5.41) is 14.4. The monoisotopic (exact) mass is 236 g/mol. The smallest absolute Gasteiger partial charge is 0.326 e. The summed E-state index contributed by atoms with van der Waals surface area (Å²) >= 11 is 0. The van der Waals surface area contributed by atoms with Crippen molar-refractivity contribution in [3.8, 4) is 0 Å². The Bertz CT molecular complexity index is 401. The summed E-state index contributed by atoms with van der Waals surface area (Å²) in [6.45, 7) is 3.24. The van der Waals surface area contributed by atoms with Crippen molar-refractivity contribution < 1.29 is 14.7 Å². The van der Waals surface area contributed by atoms with E-state index < -0.39 is 12.0 Å². The lowest BCUT2D eigenvalue weighted by molar-refractivity contribution is -0.138. The lowest BCUT2D eigenvalue weighted by Gasteiger charge is -2.13. The molecule has 0 fully saturated rings. The fourth-order valence-corrected chi connectivity index (χ4v) is 1.39. The van der Waals surface area contributed by atoms with Gasteiger partial charge in [-0.2, -0.15) is 0 Å². The lowest BCUT2D eigenvalue weighted by Crippen LogP contribution is -2.28. The van der Waals surface area contributed by atoms with Crippen LogP contribution in [0.5, 0.6) is 0 Å². The minimum Gasteiger partial charge on any atom is -0.480 e. The van der Waals surface area contributed by atoms with Crippen LogP contribution in [0.25, 0.3) is 0 Å². The Morgan fingerprint density at radius 2 is 1.76 bits per heavy atom. The summed E-state index contributed by atoms with van der Waals surface area (Å²) in [5.41, 5.74) is 1.40. The van der Waals surface area contributed by atoms with E-state index in [1.165, 1.54) is 6.92 Å². The third kappa shape index (κ3) is 4.14. The topological polar surface area (TPSA) is 78.4 Å². The molecule has 0 aliphatic heterocycles. The summed E-state index contributed by atoms with van der Waals surface area (Å²) < 4.78 is 0. The maximum Gasteiger partial charge on any atom is 0.326 e. The van der Waals surface area contributed by atoms with Gasteiger partial charge < -0.3 is 15.7 Å². The third-order valence-corrected chi connectivity index (χ3v) is 2.25. The molecule has 0 aliphatic rings. The number of nitrogens with one attached hydrogen (secondary N) is 2. The summed E-state index contributed by atoms with van der Waals surface area (Å²) in [5.74, 6) is -1.01. The molecule has 5 heteroatoms. The molecule has 0 saturated heterocycles. The van der Waals surface area contributed by atoms with Crippen LogP contribution in [0.15, 0.2) is 24.3 Å². The minimum absolute atomic E-state index is 0.136. The lowest BCUT2D eigenvalue weighted by atomic mass is 10.2. The molecule has 17 heavy (non-hydrogen) atoms. The Hall–Kier alpha value is -2.04. The molecule has 5 nitrogen and oxygen atoms in total. The molecular weight excluding hydrogens is 220 g/mol. The van der Waals surface area contributed by atoms with E-state index in [4.69, 9.17) is 5.11 Å². The van der Waals surface area contributed by atoms with E-state index in [0.717, 1.165) is 0 Å². The van der Waals surface area contributed by atoms with Crippen molar-refractivity contribution in [2.45, 2.75) is 26.3 Å². The number of hydrogen-bond acceptors (Lipinski definition) is 3. The van der Waals surface area contributed by atoms with Gasteiger partial charge in [0.2, 0.25) is 5.91 Å². The normalized spacial score (nSPS) is 11.6. The van der Waals surface area contributed by atoms with Crippen LogP contribution in [0, 0.1) is 0 Å². The van der Waals surface area contributed by atoms with Gasteiger partial charge in [0.25, 0.3) is 0 Å². The van der Waals surface area contributed by atoms with Crippen LogP contribution in [-0.4, -0.2) is 23.0 Å². The van der Waals surface area contributed by atoms with Crippen molar-refractivity contribution in [3.05, 3.63) is 24.3 Å². The average Bonchev–Trinajstić information content (AvgIpc) is 2.26. The second kappa shape index (κ2) is 5.89. The molecule has 1 aromatic carbocycles. The molecule has 0 saturated carbocycles. The summed E-state index contributed by atoms with van der Waals surface area (Å²) in [4.78, 5) is 21.6. The van der Waals surface area contributed by atoms with Gasteiger partial charge in [0.1, 0.15) is 6.04 Å². The summed E-state index contributed by atoms with van der Waals surface area (Å²) in [6.07, 6.45) is 0.503. The van der Waals surface area contributed by atoms with Gasteiger partial charge in [-0.15, -0.1) is 0 Å². The van der Waals surface area contributed by atoms with E-state index in [9.17, 15) is 9.59 Å². The molecule has 1 amide bonds. The highest BCUT2D eigenvalue weighted by Gasteiger charge is 2.13. The second-order valence-corrected chi connectivity index (χ2v) is 3.70. The highest BCUT2D eigenvalue weighted by Crippen LogP contribution is 2.15. The maximum atomic E-state index is 10.8. The van der Waals surface area contributed by atoms with Gasteiger partial charge in [0.15, 0.2) is 0 Å². The van der Waals surface area contributed by atoms with Crippen molar-refractivity contribution in [3.63, 3.8) is 0 Å². The number of carbonyl (C=O) groups is 2. The van der Waals surface area contributed by atoms with Gasteiger partial charge in [-0.1, -0.05) is 6.92 Å². The van der Waals surface area contributed by atoms with Crippen molar-refractivity contribution in [1.82, 2.24) is 0 Å². The number of carboxylic acid groups (broad SMARTS) is 1. The fourth-order valence-electron chi connectivity index (χ4n) is 1.39. The van der Waals surface area contributed by atoms with Gasteiger partial charge >= 0.3 is 5.97 Å². The molecular formula is C12H16N2O3. The standard InChI is InChI=1S/C12H16N2O3/c1-3-11(12(16)17)14-10-6-4-9(5-7-10)13-8(2)15/h4-7,11,14H,3H2,1-2H3,(H,13,15)(H,16,17). The number of aliphatic carboxylic acids is 1. The molecule has 92 valence electrons. The second-order valence-electron chi connectivity index (χ2n) is 3.70. The van der Waals surface area contributed by atoms with E-state index in [2.05, 4.69) is 10.6 Å². The number of anilines is 2. The molecule has 1 aromatic rings. The van der Waals surface area contributed by atoms with E-state index in [1.54, 1.807) is 31.2 Å². The van der Waals surface area contributed by atoms with Crippen LogP contribution < -0.4 is 10.6 Å². The Labute approximate surface area is 99.8 Å². The number of rotatable bonds is 5. The quantitative estimate of drug-likeness (QED) is 0.729. The minimum atomic E-state index is -0.876. The van der Waals surface area contributed by atoms with Gasteiger partial charge in [-0.05, 0) is 30.7 Å². The van der Waals surface area contributed by atoms with Crippen LogP contribution in [-0.2, 0) is 9.59 Å². The number of hydrogen-bond donors (Lipinski definition) is 3. The van der Waals surface area contributed by atoms with Crippen molar-refractivity contribution >= 4 is 23.3 Å². The van der Waals surface area contributed by atoms with Crippen LogP contribution in [0.4, 0.5) is 11.4 Å². The predicted octanol–water partition coefficient (Wildman–Crippen LogP) is 1.92. The Kier molecular flexibility index (Phi) is 4.51. The molecule has 0 radical (unpaired) electrons.